The maximum Gasteiger partial charge on any atom is 0.266 e. The number of amides is 1. The van der Waals surface area contributed by atoms with Gasteiger partial charge < -0.3 is 10.1 Å². The van der Waals surface area contributed by atoms with Gasteiger partial charge in [0.15, 0.2) is 0 Å². The van der Waals surface area contributed by atoms with Gasteiger partial charge in [0, 0.05) is 23.2 Å². The van der Waals surface area contributed by atoms with Crippen molar-refractivity contribution in [3.8, 4) is 17.0 Å². The normalized spacial score (nSPS) is 10.5. The lowest BCUT2D eigenvalue weighted by molar-refractivity contribution is -0.120. The van der Waals surface area contributed by atoms with Crippen molar-refractivity contribution in [1.82, 2.24) is 15.1 Å². The summed E-state index contributed by atoms with van der Waals surface area (Å²) < 4.78 is 6.49. The molecule has 0 bridgehead atoms. The zero-order chi connectivity index (χ0) is 19.9. The van der Waals surface area contributed by atoms with E-state index in [9.17, 15) is 9.59 Å². The summed E-state index contributed by atoms with van der Waals surface area (Å²) in [4.78, 5) is 24.2. The predicted octanol–water partition coefficient (Wildman–Crippen LogP) is 2.93. The topological polar surface area (TPSA) is 73.2 Å². The average Bonchev–Trinajstić information content (AvgIpc) is 2.71. The molecule has 2 aromatic carbocycles. The smallest absolute Gasteiger partial charge is 0.266 e. The van der Waals surface area contributed by atoms with Crippen molar-refractivity contribution < 1.29 is 9.53 Å². The molecule has 7 heteroatoms. The van der Waals surface area contributed by atoms with E-state index in [-0.39, 0.29) is 24.4 Å². The van der Waals surface area contributed by atoms with Crippen molar-refractivity contribution in [2.45, 2.75) is 13.0 Å². The molecule has 6 nitrogen and oxygen atoms in total. The highest BCUT2D eigenvalue weighted by atomic mass is 35.5. The Hall–Kier alpha value is -3.12. The Morgan fingerprint density at radius 3 is 2.57 bits per heavy atom. The van der Waals surface area contributed by atoms with Crippen LogP contribution in [0.2, 0.25) is 5.02 Å². The fraction of sp³-hybridized carbons (Fsp3) is 0.190. The van der Waals surface area contributed by atoms with Crippen molar-refractivity contribution in [2.75, 3.05) is 13.7 Å². The molecule has 0 saturated carbocycles. The lowest BCUT2D eigenvalue weighted by Gasteiger charge is -2.09. The summed E-state index contributed by atoms with van der Waals surface area (Å²) in [5.74, 6) is 0.589. The predicted molar refractivity (Wildman–Crippen MR) is 109 cm³/mol. The van der Waals surface area contributed by atoms with Gasteiger partial charge in [-0.25, -0.2) is 4.68 Å². The van der Waals surface area contributed by atoms with Crippen LogP contribution in [0.3, 0.4) is 0 Å². The second-order valence-corrected chi connectivity index (χ2v) is 6.53. The van der Waals surface area contributed by atoms with Gasteiger partial charge in [0.25, 0.3) is 5.56 Å². The van der Waals surface area contributed by atoms with Crippen LogP contribution in [0.25, 0.3) is 11.3 Å². The van der Waals surface area contributed by atoms with E-state index >= 15 is 0 Å². The SMILES string of the molecule is COc1ccc(-c2ccc(=O)n(CCNC(=O)Cc3ccccc3Cl)n2)cc1. The minimum absolute atomic E-state index is 0.160. The van der Waals surface area contributed by atoms with Crippen LogP contribution in [-0.4, -0.2) is 29.3 Å². The monoisotopic (exact) mass is 397 g/mol. The van der Waals surface area contributed by atoms with Crippen LogP contribution in [0.15, 0.2) is 65.5 Å². The zero-order valence-corrected chi connectivity index (χ0v) is 16.1. The summed E-state index contributed by atoms with van der Waals surface area (Å²) >= 11 is 6.07. The number of nitrogens with one attached hydrogen (secondary N) is 1. The van der Waals surface area contributed by atoms with Crippen LogP contribution in [0.5, 0.6) is 5.75 Å². The molecule has 3 rings (SSSR count). The first kappa shape index (κ1) is 19.6. The number of hydrogen-bond donors (Lipinski definition) is 1. The Balaban J connectivity index is 1.61. The third-order valence-corrected chi connectivity index (χ3v) is 4.58. The van der Waals surface area contributed by atoms with E-state index in [4.69, 9.17) is 16.3 Å². The van der Waals surface area contributed by atoms with Gasteiger partial charge in [0.1, 0.15) is 5.75 Å². The summed E-state index contributed by atoms with van der Waals surface area (Å²) in [7, 11) is 1.60. The Morgan fingerprint density at radius 2 is 1.86 bits per heavy atom. The first-order valence-electron chi connectivity index (χ1n) is 8.79. The molecule has 0 radical (unpaired) electrons. The van der Waals surface area contributed by atoms with Gasteiger partial charge in [0.05, 0.1) is 25.8 Å². The number of carbonyl (C=O) groups excluding carboxylic acids is 1. The molecule has 0 saturated heterocycles. The highest BCUT2D eigenvalue weighted by Crippen LogP contribution is 2.19. The van der Waals surface area contributed by atoms with Gasteiger partial charge >= 0.3 is 0 Å². The molecule has 0 unspecified atom stereocenters. The molecule has 1 amide bonds. The van der Waals surface area contributed by atoms with Crippen LogP contribution in [0.1, 0.15) is 5.56 Å². The molecule has 28 heavy (non-hydrogen) atoms. The number of benzene rings is 2. The van der Waals surface area contributed by atoms with Crippen molar-refractivity contribution in [2.24, 2.45) is 0 Å². The molecule has 1 N–H and O–H groups in total. The molecule has 0 fully saturated rings. The Labute approximate surface area is 167 Å². The van der Waals surface area contributed by atoms with Crippen molar-refractivity contribution >= 4 is 17.5 Å². The molecule has 1 heterocycles. The van der Waals surface area contributed by atoms with Crippen LogP contribution in [0.4, 0.5) is 0 Å². The summed E-state index contributed by atoms with van der Waals surface area (Å²) in [6, 6.07) is 17.8. The van der Waals surface area contributed by atoms with Crippen molar-refractivity contribution in [3.05, 3.63) is 81.6 Å². The fourth-order valence-corrected chi connectivity index (χ4v) is 2.91. The second kappa shape index (κ2) is 9.19. The van der Waals surface area contributed by atoms with E-state index in [1.807, 2.05) is 42.5 Å². The van der Waals surface area contributed by atoms with Crippen molar-refractivity contribution in [3.63, 3.8) is 0 Å². The van der Waals surface area contributed by atoms with Gasteiger partial charge in [-0.1, -0.05) is 29.8 Å². The van der Waals surface area contributed by atoms with Crippen LogP contribution < -0.4 is 15.6 Å². The maximum atomic E-state index is 12.1. The molecule has 0 aliphatic heterocycles. The number of aromatic nitrogens is 2. The molecule has 0 spiro atoms. The molecule has 144 valence electrons. The molecular weight excluding hydrogens is 378 g/mol. The Kier molecular flexibility index (Phi) is 6.45. The van der Waals surface area contributed by atoms with Crippen molar-refractivity contribution in [1.29, 1.82) is 0 Å². The number of rotatable bonds is 7. The first-order chi connectivity index (χ1) is 13.6. The Morgan fingerprint density at radius 1 is 1.11 bits per heavy atom. The largest absolute Gasteiger partial charge is 0.497 e. The number of methoxy groups -OCH3 is 1. The second-order valence-electron chi connectivity index (χ2n) is 6.13. The fourth-order valence-electron chi connectivity index (χ4n) is 2.70. The molecule has 0 aliphatic rings. The highest BCUT2D eigenvalue weighted by molar-refractivity contribution is 6.31. The molecule has 0 aliphatic carbocycles. The summed E-state index contributed by atoms with van der Waals surface area (Å²) in [5, 5.41) is 7.74. The molecule has 3 aromatic rings. The summed E-state index contributed by atoms with van der Waals surface area (Å²) in [5.41, 5.74) is 2.08. The quantitative estimate of drug-likeness (QED) is 0.665. The molecular formula is C21H20ClN3O3. The van der Waals surface area contributed by atoms with Crippen LogP contribution in [0, 0.1) is 0 Å². The van der Waals surface area contributed by atoms with E-state index in [0.717, 1.165) is 16.9 Å². The minimum atomic E-state index is -0.224. The lowest BCUT2D eigenvalue weighted by Crippen LogP contribution is -2.32. The number of nitrogens with zero attached hydrogens (tertiary/aromatic N) is 2. The average molecular weight is 398 g/mol. The Bertz CT molecular complexity index is 1020. The molecule has 1 aromatic heterocycles. The standard InChI is InChI=1S/C21H20ClN3O3/c1-28-17-8-6-15(7-9-17)19-10-11-21(27)25(24-19)13-12-23-20(26)14-16-4-2-3-5-18(16)22/h2-11H,12-14H2,1H3,(H,23,26). The first-order valence-corrected chi connectivity index (χ1v) is 9.17. The van der Waals surface area contributed by atoms with Gasteiger partial charge in [-0.05, 0) is 42.0 Å². The molecule has 0 atom stereocenters. The highest BCUT2D eigenvalue weighted by Gasteiger charge is 2.08. The third-order valence-electron chi connectivity index (χ3n) is 4.21. The number of ether oxygens (including phenoxy) is 1. The minimum Gasteiger partial charge on any atom is -0.497 e. The number of hydrogen-bond acceptors (Lipinski definition) is 4. The third kappa shape index (κ3) is 4.98. The van der Waals surface area contributed by atoms with Crippen LogP contribution >= 0.6 is 11.6 Å². The summed E-state index contributed by atoms with van der Waals surface area (Å²) in [6.45, 7) is 0.569. The maximum absolute atomic E-state index is 12.1. The van der Waals surface area contributed by atoms with E-state index < -0.39 is 0 Å². The van der Waals surface area contributed by atoms with Gasteiger partial charge in [-0.2, -0.15) is 5.10 Å². The zero-order valence-electron chi connectivity index (χ0n) is 15.4. The van der Waals surface area contributed by atoms with Gasteiger partial charge in [-0.15, -0.1) is 0 Å². The lowest BCUT2D eigenvalue weighted by atomic mass is 10.1. The van der Waals surface area contributed by atoms with Gasteiger partial charge in [-0.3, -0.25) is 9.59 Å². The number of halogens is 1. The van der Waals surface area contributed by atoms with Gasteiger partial charge in [0.2, 0.25) is 5.91 Å². The summed E-state index contributed by atoms with van der Waals surface area (Å²) in [6.07, 6.45) is 0.188. The van der Waals surface area contributed by atoms with E-state index in [0.29, 0.717) is 17.3 Å². The van der Waals surface area contributed by atoms with E-state index in [1.54, 1.807) is 19.2 Å². The number of carbonyl (C=O) groups is 1. The van der Waals surface area contributed by atoms with Crippen LogP contribution in [-0.2, 0) is 17.8 Å². The van der Waals surface area contributed by atoms with E-state index in [1.165, 1.54) is 10.7 Å². The van der Waals surface area contributed by atoms with E-state index in [2.05, 4.69) is 10.4 Å².